The molecule has 4 aromatic rings. The Morgan fingerprint density at radius 3 is 2.81 bits per heavy atom. The summed E-state index contributed by atoms with van der Waals surface area (Å²) < 4.78 is 6.66. The second kappa shape index (κ2) is 6.68. The largest absolute Gasteiger partial charge is 0.490 e. The molecule has 1 N–H and O–H groups in total. The van der Waals surface area contributed by atoms with Crippen molar-refractivity contribution in [1.82, 2.24) is 14.6 Å². The third-order valence-electron chi connectivity index (χ3n) is 3.98. The fourth-order valence-electron chi connectivity index (χ4n) is 2.71. The summed E-state index contributed by atoms with van der Waals surface area (Å²) in [6, 6.07) is 15.1. The second-order valence-corrected chi connectivity index (χ2v) is 5.70. The van der Waals surface area contributed by atoms with Crippen molar-refractivity contribution in [2.24, 2.45) is 5.10 Å². The van der Waals surface area contributed by atoms with E-state index in [4.69, 9.17) is 4.74 Å². The molecule has 2 heterocycles. The maximum absolute atomic E-state index is 12.6. The lowest BCUT2D eigenvalue weighted by Crippen LogP contribution is -2.17. The van der Waals surface area contributed by atoms with Gasteiger partial charge in [0.2, 0.25) is 0 Å². The van der Waals surface area contributed by atoms with Crippen LogP contribution in [0.3, 0.4) is 0 Å². The van der Waals surface area contributed by atoms with Crippen molar-refractivity contribution in [1.29, 1.82) is 0 Å². The molecule has 0 aliphatic carbocycles. The Bertz CT molecular complexity index is 1170. The first-order chi connectivity index (χ1) is 12.8. The molecule has 0 saturated carbocycles. The molecular weight excluding hydrogens is 328 g/mol. The van der Waals surface area contributed by atoms with Gasteiger partial charge in [-0.25, -0.2) is 4.98 Å². The van der Waals surface area contributed by atoms with Crippen molar-refractivity contribution in [2.75, 3.05) is 6.61 Å². The molecule has 128 valence electrons. The predicted octanol–water partition coefficient (Wildman–Crippen LogP) is 3.32. The number of aromatic nitrogens is 3. The van der Waals surface area contributed by atoms with E-state index in [0.29, 0.717) is 17.6 Å². The molecule has 4 rings (SSSR count). The van der Waals surface area contributed by atoms with E-state index in [1.165, 1.54) is 11.0 Å². The lowest BCUT2D eigenvalue weighted by molar-refractivity contribution is 0.363. The highest BCUT2D eigenvalue weighted by Crippen LogP contribution is 2.20. The first-order valence-electron chi connectivity index (χ1n) is 8.12. The Hall–Kier alpha value is -3.67. The van der Waals surface area contributed by atoms with E-state index in [9.17, 15) is 4.79 Å². The minimum atomic E-state index is -0.242. The molecule has 0 aliphatic rings. The van der Waals surface area contributed by atoms with Crippen LogP contribution < -0.4 is 10.3 Å². The number of nitrogens with one attached hydrogen (secondary N) is 1. The van der Waals surface area contributed by atoms with Gasteiger partial charge in [0.05, 0.1) is 6.21 Å². The number of aromatic amines is 1. The third-order valence-corrected chi connectivity index (χ3v) is 3.98. The molecule has 2 aromatic heterocycles. The van der Waals surface area contributed by atoms with Crippen molar-refractivity contribution in [2.45, 2.75) is 0 Å². The number of hydrogen-bond acceptors (Lipinski definition) is 4. The van der Waals surface area contributed by atoms with Gasteiger partial charge in [-0.3, -0.25) is 4.79 Å². The van der Waals surface area contributed by atoms with Gasteiger partial charge < -0.3 is 9.72 Å². The van der Waals surface area contributed by atoms with Gasteiger partial charge in [-0.15, -0.1) is 0 Å². The zero-order chi connectivity index (χ0) is 17.9. The molecule has 0 fully saturated rings. The highest BCUT2D eigenvalue weighted by atomic mass is 16.5. The molecule has 6 heteroatoms. The maximum atomic E-state index is 12.6. The van der Waals surface area contributed by atoms with Gasteiger partial charge in [0.25, 0.3) is 5.56 Å². The molecule has 6 nitrogen and oxygen atoms in total. The van der Waals surface area contributed by atoms with Gasteiger partial charge in [-0.1, -0.05) is 30.9 Å². The summed E-state index contributed by atoms with van der Waals surface area (Å²) in [7, 11) is 0. The van der Waals surface area contributed by atoms with Crippen LogP contribution in [-0.2, 0) is 0 Å². The molecule has 0 bridgehead atoms. The molecule has 2 aromatic carbocycles. The number of para-hydroxylation sites is 1. The first kappa shape index (κ1) is 15.8. The van der Waals surface area contributed by atoms with E-state index in [0.717, 1.165) is 22.2 Å². The van der Waals surface area contributed by atoms with Crippen molar-refractivity contribution in [3.05, 3.63) is 83.4 Å². The number of nitrogens with zero attached hydrogens (tertiary/aromatic N) is 3. The number of H-pyrrole nitrogens is 1. The lowest BCUT2D eigenvalue weighted by Gasteiger charge is -2.02. The molecule has 0 radical (unpaired) electrons. The van der Waals surface area contributed by atoms with Gasteiger partial charge in [0.15, 0.2) is 0 Å². The number of hydrogen-bond donors (Lipinski definition) is 1. The van der Waals surface area contributed by atoms with Crippen LogP contribution in [0.25, 0.3) is 21.9 Å². The van der Waals surface area contributed by atoms with E-state index in [-0.39, 0.29) is 5.56 Å². The van der Waals surface area contributed by atoms with Gasteiger partial charge in [-0.2, -0.15) is 9.78 Å². The summed E-state index contributed by atoms with van der Waals surface area (Å²) in [6.45, 7) is 4.07. The van der Waals surface area contributed by atoms with Gasteiger partial charge in [0.1, 0.15) is 29.7 Å². The Morgan fingerprint density at radius 1 is 1.19 bits per heavy atom. The number of rotatable bonds is 5. The molecule has 0 unspecified atom stereocenters. The van der Waals surface area contributed by atoms with Gasteiger partial charge >= 0.3 is 0 Å². The summed E-state index contributed by atoms with van der Waals surface area (Å²) in [5, 5.41) is 5.15. The monoisotopic (exact) mass is 344 g/mol. The van der Waals surface area contributed by atoms with E-state index in [1.54, 1.807) is 12.3 Å². The van der Waals surface area contributed by atoms with Crippen LogP contribution in [0, 0.1) is 0 Å². The minimum Gasteiger partial charge on any atom is -0.490 e. The highest BCUT2D eigenvalue weighted by molar-refractivity contribution is 6.04. The summed E-state index contributed by atoms with van der Waals surface area (Å²) >= 11 is 0. The van der Waals surface area contributed by atoms with Crippen molar-refractivity contribution < 1.29 is 4.74 Å². The Balaban J connectivity index is 1.65. The molecular formula is C20H16N4O2. The van der Waals surface area contributed by atoms with Gasteiger partial charge in [-0.05, 0) is 35.9 Å². The summed E-state index contributed by atoms with van der Waals surface area (Å²) in [5.41, 5.74) is 2.58. The number of benzene rings is 2. The quantitative estimate of drug-likeness (QED) is 0.446. The van der Waals surface area contributed by atoms with E-state index in [2.05, 4.69) is 21.6 Å². The first-order valence-corrected chi connectivity index (χ1v) is 8.12. The van der Waals surface area contributed by atoms with Crippen molar-refractivity contribution in [3.63, 3.8) is 0 Å². The summed E-state index contributed by atoms with van der Waals surface area (Å²) in [5.74, 6) is 0.750. The highest BCUT2D eigenvalue weighted by Gasteiger charge is 2.09. The van der Waals surface area contributed by atoms with Crippen LogP contribution in [0.2, 0.25) is 0 Å². The fourth-order valence-corrected chi connectivity index (χ4v) is 2.71. The van der Waals surface area contributed by atoms with Crippen molar-refractivity contribution >= 4 is 28.2 Å². The number of ether oxygens (including phenoxy) is 1. The van der Waals surface area contributed by atoms with E-state index >= 15 is 0 Å². The molecule has 26 heavy (non-hydrogen) atoms. The molecule has 0 amide bonds. The molecule has 0 atom stereocenters. The fraction of sp³-hybridized carbons (Fsp3) is 0.0500. The summed E-state index contributed by atoms with van der Waals surface area (Å²) in [6.07, 6.45) is 4.73. The zero-order valence-corrected chi connectivity index (χ0v) is 13.9. The van der Waals surface area contributed by atoms with Crippen LogP contribution in [0.15, 0.2) is 77.4 Å². The van der Waals surface area contributed by atoms with Crippen LogP contribution in [0.5, 0.6) is 5.75 Å². The minimum absolute atomic E-state index is 0.242. The van der Waals surface area contributed by atoms with Crippen molar-refractivity contribution in [3.8, 4) is 5.75 Å². The smallest absolute Gasteiger partial charge is 0.298 e. The molecule has 0 saturated heterocycles. The number of fused-ring (bicyclic) bond motifs is 3. The van der Waals surface area contributed by atoms with Gasteiger partial charge in [0, 0.05) is 10.9 Å². The standard InChI is InChI=1S/C20H16N4O2/c1-2-11-26-15-9-7-14(8-10-15)12-22-24-13-21-18-16-5-3-4-6-17(16)23-19(18)20(24)25/h2-10,12-13,23H,1,11H2. The average Bonchev–Trinajstić information content (AvgIpc) is 3.06. The van der Waals surface area contributed by atoms with Crippen LogP contribution >= 0.6 is 0 Å². The third kappa shape index (κ3) is 2.88. The SMILES string of the molecule is C=CCOc1ccc(C=Nn2cnc3c([nH]c4ccccc43)c2=O)cc1. The van der Waals surface area contributed by atoms with Crippen LogP contribution in [0.1, 0.15) is 5.56 Å². The molecule has 0 spiro atoms. The summed E-state index contributed by atoms with van der Waals surface area (Å²) in [4.78, 5) is 20.1. The maximum Gasteiger partial charge on any atom is 0.298 e. The molecule has 0 aliphatic heterocycles. The van der Waals surface area contributed by atoms with E-state index < -0.39 is 0 Å². The second-order valence-electron chi connectivity index (χ2n) is 5.70. The van der Waals surface area contributed by atoms with Crippen LogP contribution in [0.4, 0.5) is 0 Å². The Morgan fingerprint density at radius 2 is 2.00 bits per heavy atom. The normalized spacial score (nSPS) is 11.4. The predicted molar refractivity (Wildman–Crippen MR) is 103 cm³/mol. The Kier molecular flexibility index (Phi) is 4.07. The zero-order valence-electron chi connectivity index (χ0n) is 13.9. The average molecular weight is 344 g/mol. The Labute approximate surface area is 149 Å². The topological polar surface area (TPSA) is 72.3 Å². The van der Waals surface area contributed by atoms with Crippen LogP contribution in [-0.4, -0.2) is 27.5 Å². The van der Waals surface area contributed by atoms with E-state index in [1.807, 2.05) is 48.5 Å². The lowest BCUT2D eigenvalue weighted by atomic mass is 10.2.